The molecular weight excluding hydrogens is 362 g/mol. The summed E-state index contributed by atoms with van der Waals surface area (Å²) in [6, 6.07) is 6.35. The number of halogens is 1. The van der Waals surface area contributed by atoms with Crippen molar-refractivity contribution in [2.24, 2.45) is 5.92 Å². The molecule has 1 aromatic carbocycles. The lowest BCUT2D eigenvalue weighted by atomic mass is 10.1. The summed E-state index contributed by atoms with van der Waals surface area (Å²) in [6.07, 6.45) is 2.54. The van der Waals surface area contributed by atoms with Gasteiger partial charge in [-0.15, -0.1) is 0 Å². The lowest BCUT2D eigenvalue weighted by molar-refractivity contribution is -0.116. The quantitative estimate of drug-likeness (QED) is 0.804. The highest BCUT2D eigenvalue weighted by Gasteiger charge is 2.20. The van der Waals surface area contributed by atoms with E-state index in [4.69, 9.17) is 0 Å². The van der Waals surface area contributed by atoms with Gasteiger partial charge < -0.3 is 10.2 Å². The van der Waals surface area contributed by atoms with Gasteiger partial charge in [-0.05, 0) is 37.0 Å². The molecule has 0 radical (unpaired) electrons. The number of alkyl halides is 1. The molecule has 1 aliphatic heterocycles. The van der Waals surface area contributed by atoms with Gasteiger partial charge in [0, 0.05) is 18.8 Å². The van der Waals surface area contributed by atoms with Crippen molar-refractivity contribution in [3.8, 4) is 0 Å². The predicted octanol–water partition coefficient (Wildman–Crippen LogP) is 4.25. The zero-order chi connectivity index (χ0) is 15.7. The zero-order valence-corrected chi connectivity index (χ0v) is 15.2. The Morgan fingerprint density at radius 2 is 2.09 bits per heavy atom. The molecule has 22 heavy (non-hydrogen) atoms. The Labute approximate surface area is 143 Å². The first kappa shape index (κ1) is 15.7. The molecule has 1 saturated heterocycles. The van der Waals surface area contributed by atoms with Gasteiger partial charge in [-0.1, -0.05) is 41.1 Å². The molecule has 0 saturated carbocycles. The van der Waals surface area contributed by atoms with Crippen LogP contribution >= 0.6 is 27.3 Å². The Balaban J connectivity index is 1.79. The highest BCUT2D eigenvalue weighted by Crippen LogP contribution is 2.31. The first-order valence-corrected chi connectivity index (χ1v) is 9.38. The maximum absolute atomic E-state index is 12.1. The fourth-order valence-corrected chi connectivity index (χ4v) is 3.63. The van der Waals surface area contributed by atoms with Crippen molar-refractivity contribution in [2.75, 3.05) is 23.3 Å². The van der Waals surface area contributed by atoms with E-state index in [9.17, 15) is 4.79 Å². The van der Waals surface area contributed by atoms with Crippen LogP contribution in [0.1, 0.15) is 26.7 Å². The minimum atomic E-state index is -0.195. The number of anilines is 2. The van der Waals surface area contributed by atoms with Crippen molar-refractivity contribution in [3.05, 3.63) is 18.2 Å². The third-order valence-corrected chi connectivity index (χ3v) is 6.32. The fraction of sp³-hybridized carbons (Fsp3) is 0.500. The zero-order valence-electron chi connectivity index (χ0n) is 12.8. The Morgan fingerprint density at radius 3 is 2.77 bits per heavy atom. The van der Waals surface area contributed by atoms with E-state index in [0.717, 1.165) is 23.3 Å². The minimum Gasteiger partial charge on any atom is -0.371 e. The van der Waals surface area contributed by atoms with Gasteiger partial charge in [0.1, 0.15) is 0 Å². The number of thiazole rings is 1. The van der Waals surface area contributed by atoms with E-state index in [2.05, 4.69) is 43.3 Å². The number of rotatable bonds is 4. The number of carbonyl (C=O) groups excluding carboxylic acids is 1. The molecule has 0 spiro atoms. The van der Waals surface area contributed by atoms with E-state index in [1.54, 1.807) is 0 Å². The van der Waals surface area contributed by atoms with Crippen molar-refractivity contribution < 1.29 is 4.79 Å². The van der Waals surface area contributed by atoms with Crippen molar-refractivity contribution in [1.82, 2.24) is 4.98 Å². The van der Waals surface area contributed by atoms with Crippen LogP contribution in [-0.2, 0) is 4.79 Å². The molecule has 1 amide bonds. The number of hydrogen-bond donors (Lipinski definition) is 1. The van der Waals surface area contributed by atoms with Crippen molar-refractivity contribution >= 4 is 54.2 Å². The van der Waals surface area contributed by atoms with Crippen molar-refractivity contribution in [1.29, 1.82) is 0 Å². The standard InChI is InChI=1S/C16H20BrN3OS/c1-10(2)14(17)15(21)19-16-18-12-6-5-11(9-13(12)22-16)20-7-3-4-8-20/h5-6,9-10,14H,3-4,7-8H2,1-2H3,(H,18,19,21)/t14-/m1/s1. The van der Waals surface area contributed by atoms with E-state index in [1.807, 2.05) is 19.9 Å². The van der Waals surface area contributed by atoms with E-state index in [1.165, 1.54) is 29.9 Å². The summed E-state index contributed by atoms with van der Waals surface area (Å²) in [5.41, 5.74) is 2.20. The van der Waals surface area contributed by atoms with Gasteiger partial charge in [0.25, 0.3) is 0 Å². The average molecular weight is 382 g/mol. The number of nitrogens with zero attached hydrogens (tertiary/aromatic N) is 2. The molecule has 1 aliphatic rings. The highest BCUT2D eigenvalue weighted by molar-refractivity contribution is 9.10. The average Bonchev–Trinajstić information content (AvgIpc) is 3.14. The molecule has 2 heterocycles. The molecule has 1 N–H and O–H groups in total. The van der Waals surface area contributed by atoms with Gasteiger partial charge in [0.05, 0.1) is 15.0 Å². The third kappa shape index (κ3) is 3.27. The Hall–Kier alpha value is -1.14. The second-order valence-corrected chi connectivity index (χ2v) is 8.02. The predicted molar refractivity (Wildman–Crippen MR) is 97.2 cm³/mol. The molecule has 1 aromatic heterocycles. The number of fused-ring (bicyclic) bond motifs is 1. The van der Waals surface area contributed by atoms with E-state index >= 15 is 0 Å². The Bertz CT molecular complexity index is 679. The molecular formula is C16H20BrN3OS. The molecule has 3 rings (SSSR count). The topological polar surface area (TPSA) is 45.2 Å². The largest absolute Gasteiger partial charge is 0.371 e. The van der Waals surface area contributed by atoms with Gasteiger partial charge in [-0.3, -0.25) is 4.79 Å². The molecule has 4 nitrogen and oxygen atoms in total. The van der Waals surface area contributed by atoms with Gasteiger partial charge in [0.2, 0.25) is 5.91 Å². The highest BCUT2D eigenvalue weighted by atomic mass is 79.9. The SMILES string of the molecule is CC(C)[C@@H](Br)C(=O)Nc1nc2ccc(N3CCCC3)cc2s1. The summed E-state index contributed by atoms with van der Waals surface area (Å²) in [4.78, 5) is 18.8. The normalized spacial score (nSPS) is 16.5. The first-order chi connectivity index (χ1) is 10.5. The summed E-state index contributed by atoms with van der Waals surface area (Å²) in [5, 5.41) is 3.58. The van der Waals surface area contributed by atoms with E-state index in [-0.39, 0.29) is 16.7 Å². The molecule has 118 valence electrons. The van der Waals surface area contributed by atoms with Crippen LogP contribution in [0.25, 0.3) is 10.2 Å². The lowest BCUT2D eigenvalue weighted by Gasteiger charge is -2.16. The maximum atomic E-state index is 12.1. The van der Waals surface area contributed by atoms with Gasteiger partial charge >= 0.3 is 0 Å². The third-order valence-electron chi connectivity index (χ3n) is 3.91. The number of hydrogen-bond acceptors (Lipinski definition) is 4. The van der Waals surface area contributed by atoms with Crippen LogP contribution in [0, 0.1) is 5.92 Å². The molecule has 2 aromatic rings. The second kappa shape index (κ2) is 6.54. The van der Waals surface area contributed by atoms with E-state index < -0.39 is 0 Å². The summed E-state index contributed by atoms with van der Waals surface area (Å²) in [7, 11) is 0. The summed E-state index contributed by atoms with van der Waals surface area (Å²) in [6.45, 7) is 6.29. The minimum absolute atomic E-state index is 0.0335. The second-order valence-electron chi connectivity index (χ2n) is 6.00. The number of benzene rings is 1. The van der Waals surface area contributed by atoms with E-state index in [0.29, 0.717) is 5.13 Å². The van der Waals surface area contributed by atoms with Crippen LogP contribution in [0.5, 0.6) is 0 Å². The van der Waals surface area contributed by atoms with Crippen LogP contribution in [0.3, 0.4) is 0 Å². The van der Waals surface area contributed by atoms with Crippen LogP contribution in [-0.4, -0.2) is 28.8 Å². The molecule has 6 heteroatoms. The number of amides is 1. The number of aromatic nitrogens is 1. The number of nitrogens with one attached hydrogen (secondary N) is 1. The summed E-state index contributed by atoms with van der Waals surface area (Å²) < 4.78 is 1.12. The summed E-state index contributed by atoms with van der Waals surface area (Å²) in [5.74, 6) is 0.213. The van der Waals surface area contributed by atoms with Gasteiger partial charge in [-0.25, -0.2) is 4.98 Å². The van der Waals surface area contributed by atoms with Crippen molar-refractivity contribution in [2.45, 2.75) is 31.5 Å². The molecule has 1 fully saturated rings. The molecule has 0 unspecified atom stereocenters. The van der Waals surface area contributed by atoms with Crippen LogP contribution < -0.4 is 10.2 Å². The summed E-state index contributed by atoms with van der Waals surface area (Å²) >= 11 is 4.96. The monoisotopic (exact) mass is 381 g/mol. The molecule has 1 atom stereocenters. The van der Waals surface area contributed by atoms with Gasteiger partial charge in [-0.2, -0.15) is 0 Å². The molecule has 0 aliphatic carbocycles. The fourth-order valence-electron chi connectivity index (χ4n) is 2.62. The maximum Gasteiger partial charge on any atom is 0.240 e. The van der Waals surface area contributed by atoms with Crippen LogP contribution in [0.2, 0.25) is 0 Å². The Kier molecular flexibility index (Phi) is 4.68. The van der Waals surface area contributed by atoms with Crippen LogP contribution in [0.15, 0.2) is 18.2 Å². The Morgan fingerprint density at radius 1 is 1.36 bits per heavy atom. The van der Waals surface area contributed by atoms with Gasteiger partial charge in [0.15, 0.2) is 5.13 Å². The smallest absolute Gasteiger partial charge is 0.240 e. The van der Waals surface area contributed by atoms with Crippen LogP contribution in [0.4, 0.5) is 10.8 Å². The first-order valence-electron chi connectivity index (χ1n) is 7.65. The molecule has 0 bridgehead atoms. The van der Waals surface area contributed by atoms with Crippen molar-refractivity contribution in [3.63, 3.8) is 0 Å². The number of carbonyl (C=O) groups is 1. The lowest BCUT2D eigenvalue weighted by Crippen LogP contribution is -2.26.